The van der Waals surface area contributed by atoms with Crippen molar-refractivity contribution in [1.82, 2.24) is 15.3 Å². The molecule has 12 heteroatoms. The molecule has 0 aliphatic carbocycles. The molecule has 1 fully saturated rings. The Morgan fingerprint density at radius 1 is 1.11 bits per heavy atom. The highest BCUT2D eigenvalue weighted by Gasteiger charge is 2.23. The van der Waals surface area contributed by atoms with Gasteiger partial charge in [-0.05, 0) is 55.4 Å². The van der Waals surface area contributed by atoms with Gasteiger partial charge in [0.2, 0.25) is 0 Å². The van der Waals surface area contributed by atoms with E-state index >= 15 is 0 Å². The quantitative estimate of drug-likeness (QED) is 0.436. The molecule has 0 unspecified atom stereocenters. The summed E-state index contributed by atoms with van der Waals surface area (Å²) in [7, 11) is -3.52. The van der Waals surface area contributed by atoms with E-state index < -0.39 is 21.7 Å². The van der Waals surface area contributed by atoms with E-state index in [-0.39, 0.29) is 39.5 Å². The summed E-state index contributed by atoms with van der Waals surface area (Å²) in [4.78, 5) is 34.1. The highest BCUT2D eigenvalue weighted by Crippen LogP contribution is 2.27. The van der Waals surface area contributed by atoms with Gasteiger partial charge in [0, 0.05) is 25.2 Å². The van der Waals surface area contributed by atoms with Gasteiger partial charge in [-0.2, -0.15) is 0 Å². The summed E-state index contributed by atoms with van der Waals surface area (Å²) in [5, 5.41) is 8.86. The minimum absolute atomic E-state index is 0.0342. The van der Waals surface area contributed by atoms with Gasteiger partial charge in [-0.1, -0.05) is 11.6 Å². The average Bonchev–Trinajstić information content (AvgIpc) is 3.33. The third-order valence-corrected chi connectivity index (χ3v) is 6.51. The molecule has 0 bridgehead atoms. The lowest BCUT2D eigenvalue weighted by atomic mass is 10.1. The van der Waals surface area contributed by atoms with E-state index in [4.69, 9.17) is 16.3 Å². The van der Waals surface area contributed by atoms with Crippen LogP contribution in [-0.4, -0.2) is 55.6 Å². The summed E-state index contributed by atoms with van der Waals surface area (Å²) < 4.78 is 30.1. The van der Waals surface area contributed by atoms with Crippen LogP contribution < -0.4 is 20.7 Å². The monoisotopic (exact) mass is 515 g/mol. The van der Waals surface area contributed by atoms with Gasteiger partial charge < -0.3 is 20.7 Å². The number of anilines is 2. The van der Waals surface area contributed by atoms with Crippen LogP contribution in [0, 0.1) is 0 Å². The molecule has 3 heterocycles. The molecule has 2 amide bonds. The van der Waals surface area contributed by atoms with Crippen LogP contribution in [0.2, 0.25) is 5.02 Å². The van der Waals surface area contributed by atoms with Gasteiger partial charge in [-0.15, -0.1) is 0 Å². The normalized spacial score (nSPS) is 15.4. The van der Waals surface area contributed by atoms with Crippen molar-refractivity contribution in [2.45, 2.75) is 17.4 Å². The molecule has 10 nitrogen and oxygen atoms in total. The van der Waals surface area contributed by atoms with Gasteiger partial charge in [0.15, 0.2) is 15.5 Å². The van der Waals surface area contributed by atoms with Crippen molar-refractivity contribution in [2.24, 2.45) is 0 Å². The minimum atomic E-state index is -3.52. The number of hydrogen-bond acceptors (Lipinski definition) is 8. The summed E-state index contributed by atoms with van der Waals surface area (Å²) in [6.45, 7) is 1.34. The number of sulfone groups is 1. The Hall–Kier alpha value is -3.54. The highest BCUT2D eigenvalue weighted by molar-refractivity contribution is 7.90. The van der Waals surface area contributed by atoms with Crippen molar-refractivity contribution < 1.29 is 22.7 Å². The molecule has 1 atom stereocenters. The number of amides is 2. The van der Waals surface area contributed by atoms with Crippen molar-refractivity contribution in [1.29, 1.82) is 0 Å². The smallest absolute Gasteiger partial charge is 0.277 e. The van der Waals surface area contributed by atoms with Crippen LogP contribution in [0.15, 0.2) is 59.8 Å². The van der Waals surface area contributed by atoms with Crippen LogP contribution in [0.1, 0.15) is 27.3 Å². The zero-order chi connectivity index (χ0) is 25.0. The van der Waals surface area contributed by atoms with E-state index in [1.165, 1.54) is 42.7 Å². The zero-order valence-corrected chi connectivity index (χ0v) is 20.2. The Morgan fingerprint density at radius 2 is 1.94 bits per heavy atom. The summed E-state index contributed by atoms with van der Waals surface area (Å²) in [5.41, 5.74) is 0.247. The van der Waals surface area contributed by atoms with Crippen molar-refractivity contribution in [3.8, 4) is 5.75 Å². The van der Waals surface area contributed by atoms with Gasteiger partial charge >= 0.3 is 0 Å². The SMILES string of the molecule is CS(=O)(=O)c1ccc(C(=O)Nc2cccnc2C(=O)Nc2ccc(Cl)cn2)c(O[C@@H]2CCNC2)c1. The molecule has 0 spiro atoms. The van der Waals surface area contributed by atoms with Gasteiger partial charge in [-0.25, -0.2) is 18.4 Å². The first-order valence-corrected chi connectivity index (χ1v) is 12.9. The number of carbonyl (C=O) groups excluding carboxylic acids is 2. The minimum Gasteiger partial charge on any atom is -0.488 e. The third kappa shape index (κ3) is 6.13. The lowest BCUT2D eigenvalue weighted by Gasteiger charge is -2.17. The number of halogens is 1. The largest absolute Gasteiger partial charge is 0.488 e. The lowest BCUT2D eigenvalue weighted by molar-refractivity contribution is 0.102. The first kappa shape index (κ1) is 24.6. The van der Waals surface area contributed by atoms with E-state index in [0.29, 0.717) is 11.6 Å². The zero-order valence-electron chi connectivity index (χ0n) is 18.6. The Balaban J connectivity index is 1.60. The Bertz CT molecular complexity index is 1360. The number of ether oxygens (including phenoxy) is 1. The second-order valence-corrected chi connectivity index (χ2v) is 10.3. The van der Waals surface area contributed by atoms with Crippen LogP contribution in [0.5, 0.6) is 5.75 Å². The number of benzene rings is 1. The number of aromatic nitrogens is 2. The van der Waals surface area contributed by atoms with Crippen LogP contribution >= 0.6 is 11.6 Å². The van der Waals surface area contributed by atoms with Gasteiger partial charge in [0.1, 0.15) is 17.7 Å². The Kier molecular flexibility index (Phi) is 7.29. The van der Waals surface area contributed by atoms with Gasteiger partial charge in [-0.3, -0.25) is 9.59 Å². The molecule has 182 valence electrons. The number of carbonyl (C=O) groups is 2. The standard InChI is InChI=1S/C23H22ClN5O5S/c1-35(32,33)16-5-6-17(19(11-16)34-15-8-10-25-13-15)22(30)28-18-3-2-9-26-21(18)23(31)29-20-7-4-14(24)12-27-20/h2-7,9,11-12,15,25H,8,10,13H2,1H3,(H,28,30)(H,27,29,31)/t15-/m1/s1. The fraction of sp³-hybridized carbons (Fsp3) is 0.217. The van der Waals surface area contributed by atoms with Crippen molar-refractivity contribution in [3.05, 3.63) is 71.1 Å². The molecule has 4 rings (SSSR count). The van der Waals surface area contributed by atoms with Crippen molar-refractivity contribution in [2.75, 3.05) is 30.0 Å². The molecule has 0 radical (unpaired) electrons. The van der Waals surface area contributed by atoms with E-state index in [9.17, 15) is 18.0 Å². The summed E-state index contributed by atoms with van der Waals surface area (Å²) >= 11 is 5.82. The van der Waals surface area contributed by atoms with Crippen LogP contribution in [0.3, 0.4) is 0 Å². The molecule has 3 aromatic rings. The number of pyridine rings is 2. The first-order valence-electron chi connectivity index (χ1n) is 10.6. The maximum atomic E-state index is 13.2. The number of nitrogens with one attached hydrogen (secondary N) is 3. The molecule has 1 aliphatic heterocycles. The molecule has 35 heavy (non-hydrogen) atoms. The topological polar surface area (TPSA) is 139 Å². The average molecular weight is 516 g/mol. The fourth-order valence-corrected chi connectivity index (χ4v) is 4.18. The predicted octanol–water partition coefficient (Wildman–Crippen LogP) is 2.78. The summed E-state index contributed by atoms with van der Waals surface area (Å²) in [6.07, 6.45) is 4.40. The second kappa shape index (κ2) is 10.4. The molecular formula is C23H22ClN5O5S. The van der Waals surface area contributed by atoms with Crippen molar-refractivity contribution in [3.63, 3.8) is 0 Å². The molecule has 1 aromatic carbocycles. The predicted molar refractivity (Wildman–Crippen MR) is 131 cm³/mol. The van der Waals surface area contributed by atoms with Gasteiger partial charge in [0.05, 0.1) is 21.2 Å². The molecule has 2 aromatic heterocycles. The summed E-state index contributed by atoms with van der Waals surface area (Å²) in [5.74, 6) is -0.770. The molecule has 0 saturated carbocycles. The maximum absolute atomic E-state index is 13.2. The number of nitrogens with zero attached hydrogens (tertiary/aromatic N) is 2. The van der Waals surface area contributed by atoms with Crippen molar-refractivity contribution >= 4 is 44.8 Å². The van der Waals surface area contributed by atoms with Crippen LogP contribution in [-0.2, 0) is 9.84 Å². The van der Waals surface area contributed by atoms with E-state index in [0.717, 1.165) is 19.2 Å². The lowest BCUT2D eigenvalue weighted by Crippen LogP contribution is -2.23. The van der Waals surface area contributed by atoms with E-state index in [1.807, 2.05) is 0 Å². The fourth-order valence-electron chi connectivity index (χ4n) is 3.43. The molecule has 3 N–H and O–H groups in total. The Morgan fingerprint density at radius 3 is 2.63 bits per heavy atom. The number of rotatable bonds is 7. The summed E-state index contributed by atoms with van der Waals surface area (Å²) in [6, 6.07) is 10.3. The van der Waals surface area contributed by atoms with E-state index in [1.54, 1.807) is 12.1 Å². The van der Waals surface area contributed by atoms with E-state index in [2.05, 4.69) is 25.9 Å². The van der Waals surface area contributed by atoms with Crippen LogP contribution in [0.25, 0.3) is 0 Å². The maximum Gasteiger partial charge on any atom is 0.277 e. The Labute approximate surface area is 207 Å². The molecular weight excluding hydrogens is 494 g/mol. The first-order chi connectivity index (χ1) is 16.7. The third-order valence-electron chi connectivity index (χ3n) is 5.17. The van der Waals surface area contributed by atoms with Gasteiger partial charge in [0.25, 0.3) is 11.8 Å². The molecule has 1 saturated heterocycles. The molecule has 1 aliphatic rings. The second-order valence-electron chi connectivity index (χ2n) is 7.83. The van der Waals surface area contributed by atoms with Crippen LogP contribution in [0.4, 0.5) is 11.5 Å². The number of hydrogen-bond donors (Lipinski definition) is 3. The highest BCUT2D eigenvalue weighted by atomic mass is 35.5.